The highest BCUT2D eigenvalue weighted by Gasteiger charge is 2.23. The molecule has 144 valence electrons. The lowest BCUT2D eigenvalue weighted by atomic mass is 10.1. The smallest absolute Gasteiger partial charge is 0.247 e. The van der Waals surface area contributed by atoms with E-state index in [-0.39, 0.29) is 0 Å². The van der Waals surface area contributed by atoms with Crippen LogP contribution in [0.5, 0.6) is 0 Å². The molecule has 0 saturated heterocycles. The summed E-state index contributed by atoms with van der Waals surface area (Å²) in [7, 11) is -3.18. The van der Waals surface area contributed by atoms with E-state index in [1.807, 2.05) is 0 Å². The molecule has 24 heavy (non-hydrogen) atoms. The van der Waals surface area contributed by atoms with Crippen LogP contribution in [0.3, 0.4) is 0 Å². The van der Waals surface area contributed by atoms with Gasteiger partial charge in [-0.15, -0.1) is 0 Å². The monoisotopic (exact) mass is 372 g/mol. The topological polar surface area (TPSA) is 18.5 Å². The SMILES string of the molecule is CCCCCCCCCCCCC=C(O[Si](C)(C)C)O[Si](C)(C)C. The van der Waals surface area contributed by atoms with Gasteiger partial charge in [0.25, 0.3) is 0 Å². The molecule has 0 saturated carbocycles. The molecular weight excluding hydrogens is 328 g/mol. The van der Waals surface area contributed by atoms with Crippen molar-refractivity contribution in [3.8, 4) is 0 Å². The van der Waals surface area contributed by atoms with E-state index in [1.165, 1.54) is 64.2 Å². The van der Waals surface area contributed by atoms with E-state index in [0.29, 0.717) is 0 Å². The first kappa shape index (κ1) is 23.8. The van der Waals surface area contributed by atoms with Gasteiger partial charge in [-0.25, -0.2) is 0 Å². The van der Waals surface area contributed by atoms with Crippen LogP contribution >= 0.6 is 0 Å². The molecule has 0 aromatic rings. The first-order valence-corrected chi connectivity index (χ1v) is 17.0. The highest BCUT2D eigenvalue weighted by atomic mass is 28.4. The molecule has 0 fully saturated rings. The summed E-state index contributed by atoms with van der Waals surface area (Å²) in [5.74, 6) is 0.809. The Morgan fingerprint density at radius 2 is 1.00 bits per heavy atom. The molecule has 0 radical (unpaired) electrons. The normalized spacial score (nSPS) is 12.1. The summed E-state index contributed by atoms with van der Waals surface area (Å²) in [6.07, 6.45) is 17.1. The number of allylic oxidation sites excluding steroid dienone is 1. The van der Waals surface area contributed by atoms with Crippen LogP contribution in [0.25, 0.3) is 0 Å². The van der Waals surface area contributed by atoms with Crippen molar-refractivity contribution in [3.05, 3.63) is 12.0 Å². The molecule has 0 aromatic heterocycles. The Kier molecular flexibility index (Phi) is 12.9. The van der Waals surface area contributed by atoms with E-state index in [9.17, 15) is 0 Å². The molecule has 0 bridgehead atoms. The molecule has 0 atom stereocenters. The van der Waals surface area contributed by atoms with Gasteiger partial charge in [0.15, 0.2) is 0 Å². The Morgan fingerprint density at radius 1 is 0.625 bits per heavy atom. The van der Waals surface area contributed by atoms with Crippen molar-refractivity contribution >= 4 is 16.6 Å². The van der Waals surface area contributed by atoms with Gasteiger partial charge in [0.1, 0.15) is 0 Å². The summed E-state index contributed by atoms with van der Waals surface area (Å²) in [4.78, 5) is 0. The quantitative estimate of drug-likeness (QED) is 0.165. The van der Waals surface area contributed by atoms with E-state index in [4.69, 9.17) is 8.85 Å². The van der Waals surface area contributed by atoms with Gasteiger partial charge in [0.2, 0.25) is 22.6 Å². The Balaban J connectivity index is 3.86. The fourth-order valence-corrected chi connectivity index (χ4v) is 4.10. The van der Waals surface area contributed by atoms with Crippen molar-refractivity contribution in [1.29, 1.82) is 0 Å². The summed E-state index contributed by atoms with van der Waals surface area (Å²) in [6.45, 7) is 15.6. The summed E-state index contributed by atoms with van der Waals surface area (Å²) in [5.41, 5.74) is 0. The fourth-order valence-electron chi connectivity index (χ4n) is 2.56. The third-order valence-corrected chi connectivity index (χ3v) is 5.31. The third kappa shape index (κ3) is 18.1. The Labute approximate surface area is 154 Å². The highest BCUT2D eigenvalue weighted by Crippen LogP contribution is 2.19. The zero-order chi connectivity index (χ0) is 18.5. The Bertz CT molecular complexity index is 310. The maximum Gasteiger partial charge on any atom is 0.247 e. The average Bonchev–Trinajstić information content (AvgIpc) is 2.41. The molecule has 0 N–H and O–H groups in total. The summed E-state index contributed by atoms with van der Waals surface area (Å²) in [6, 6.07) is 0. The molecule has 0 aromatic carbocycles. The van der Waals surface area contributed by atoms with Gasteiger partial charge >= 0.3 is 0 Å². The molecule has 0 unspecified atom stereocenters. The average molecular weight is 373 g/mol. The van der Waals surface area contributed by atoms with Gasteiger partial charge in [-0.1, -0.05) is 64.7 Å². The van der Waals surface area contributed by atoms with Crippen molar-refractivity contribution < 1.29 is 8.85 Å². The second kappa shape index (κ2) is 13.0. The fraction of sp³-hybridized carbons (Fsp3) is 0.900. The standard InChI is InChI=1S/C20H44O2Si2/c1-8-9-10-11-12-13-14-15-16-17-18-19-20(21-23(2,3)4)22-24(5,6)7/h19H,8-18H2,1-7H3. The number of unbranched alkanes of at least 4 members (excludes halogenated alkanes) is 10. The molecule has 2 nitrogen and oxygen atoms in total. The largest absolute Gasteiger partial charge is 0.521 e. The lowest BCUT2D eigenvalue weighted by Crippen LogP contribution is -2.31. The molecule has 0 spiro atoms. The van der Waals surface area contributed by atoms with Crippen LogP contribution in [-0.4, -0.2) is 16.6 Å². The maximum atomic E-state index is 6.12. The number of rotatable bonds is 15. The maximum absolute atomic E-state index is 6.12. The molecule has 0 aliphatic rings. The molecule has 0 rings (SSSR count). The molecule has 4 heteroatoms. The zero-order valence-electron chi connectivity index (χ0n) is 17.7. The molecule has 0 aliphatic carbocycles. The lowest BCUT2D eigenvalue weighted by molar-refractivity contribution is 0.214. The van der Waals surface area contributed by atoms with E-state index < -0.39 is 16.6 Å². The van der Waals surface area contributed by atoms with Crippen molar-refractivity contribution in [1.82, 2.24) is 0 Å². The second-order valence-corrected chi connectivity index (χ2v) is 17.8. The summed E-state index contributed by atoms with van der Waals surface area (Å²) >= 11 is 0. The van der Waals surface area contributed by atoms with E-state index in [1.54, 1.807) is 0 Å². The van der Waals surface area contributed by atoms with Crippen molar-refractivity contribution in [2.75, 3.05) is 0 Å². The molecular formula is C20H44O2Si2. The number of hydrogen-bond acceptors (Lipinski definition) is 2. The number of hydrogen-bond donors (Lipinski definition) is 0. The van der Waals surface area contributed by atoms with Crippen LogP contribution in [0.1, 0.15) is 77.6 Å². The van der Waals surface area contributed by atoms with E-state index in [2.05, 4.69) is 52.3 Å². The van der Waals surface area contributed by atoms with Gasteiger partial charge in [-0.2, -0.15) is 0 Å². The van der Waals surface area contributed by atoms with Gasteiger partial charge in [0, 0.05) is 0 Å². The predicted molar refractivity (Wildman–Crippen MR) is 113 cm³/mol. The van der Waals surface area contributed by atoms with Crippen molar-refractivity contribution in [2.24, 2.45) is 0 Å². The lowest BCUT2D eigenvalue weighted by Gasteiger charge is -2.27. The first-order chi connectivity index (χ1) is 11.1. The molecule has 0 aliphatic heterocycles. The van der Waals surface area contributed by atoms with E-state index in [0.717, 1.165) is 12.4 Å². The minimum absolute atomic E-state index is 0.809. The molecule has 0 amide bonds. The van der Waals surface area contributed by atoms with Crippen molar-refractivity contribution in [2.45, 2.75) is 117 Å². The van der Waals surface area contributed by atoms with Crippen LogP contribution in [0.2, 0.25) is 39.3 Å². The Hall–Kier alpha value is -0.226. The van der Waals surface area contributed by atoms with Crippen LogP contribution < -0.4 is 0 Å². The van der Waals surface area contributed by atoms with Crippen LogP contribution in [-0.2, 0) is 8.85 Å². The van der Waals surface area contributed by atoms with Gasteiger partial charge in [-0.05, 0) is 58.2 Å². The van der Waals surface area contributed by atoms with Crippen LogP contribution in [0.4, 0.5) is 0 Å². The minimum atomic E-state index is -1.59. The van der Waals surface area contributed by atoms with Gasteiger partial charge < -0.3 is 8.85 Å². The van der Waals surface area contributed by atoms with Gasteiger partial charge in [-0.3, -0.25) is 0 Å². The summed E-state index contributed by atoms with van der Waals surface area (Å²) < 4.78 is 12.2. The second-order valence-electron chi connectivity index (χ2n) is 8.92. The van der Waals surface area contributed by atoms with Crippen molar-refractivity contribution in [3.63, 3.8) is 0 Å². The zero-order valence-corrected chi connectivity index (χ0v) is 19.7. The van der Waals surface area contributed by atoms with Crippen LogP contribution in [0.15, 0.2) is 12.0 Å². The molecule has 0 heterocycles. The first-order valence-electron chi connectivity index (χ1n) is 10.2. The Morgan fingerprint density at radius 3 is 1.38 bits per heavy atom. The highest BCUT2D eigenvalue weighted by molar-refractivity contribution is 6.71. The predicted octanol–water partition coefficient (Wildman–Crippen LogP) is 7.84. The third-order valence-electron chi connectivity index (χ3n) is 3.68. The summed E-state index contributed by atoms with van der Waals surface area (Å²) in [5, 5.41) is 0. The van der Waals surface area contributed by atoms with Gasteiger partial charge in [0.05, 0.1) is 0 Å². The van der Waals surface area contributed by atoms with Crippen LogP contribution in [0, 0.1) is 0 Å². The van der Waals surface area contributed by atoms with E-state index >= 15 is 0 Å². The minimum Gasteiger partial charge on any atom is -0.521 e.